The summed E-state index contributed by atoms with van der Waals surface area (Å²) >= 11 is 5.04. The molecular weight excluding hydrogens is 372 g/mol. The van der Waals surface area contributed by atoms with Crippen LogP contribution >= 0.6 is 27.3 Å². The van der Waals surface area contributed by atoms with Crippen molar-refractivity contribution < 1.29 is 4.79 Å². The Labute approximate surface area is 147 Å². The number of amides is 1. The van der Waals surface area contributed by atoms with E-state index in [9.17, 15) is 4.79 Å². The first-order valence-corrected chi connectivity index (χ1v) is 8.93. The number of aromatic nitrogens is 1. The van der Waals surface area contributed by atoms with Crippen LogP contribution in [0.1, 0.15) is 11.1 Å². The number of benzene rings is 1. The number of hydrogen-bond donors (Lipinski definition) is 1. The number of pyridine rings is 1. The van der Waals surface area contributed by atoms with Crippen LogP contribution in [0.25, 0.3) is 11.3 Å². The molecular formula is C18H15BrN2OS. The zero-order chi connectivity index (χ0) is 16.1. The summed E-state index contributed by atoms with van der Waals surface area (Å²) in [6.45, 7) is 0.509. The largest absolute Gasteiger partial charge is 0.352 e. The van der Waals surface area contributed by atoms with Crippen LogP contribution < -0.4 is 5.32 Å². The van der Waals surface area contributed by atoms with E-state index in [2.05, 4.69) is 31.6 Å². The Bertz CT molecular complexity index is 785. The summed E-state index contributed by atoms with van der Waals surface area (Å²) < 4.78 is 1.01. The van der Waals surface area contributed by atoms with Gasteiger partial charge in [-0.2, -0.15) is 11.3 Å². The van der Waals surface area contributed by atoms with Crippen molar-refractivity contribution in [1.82, 2.24) is 10.3 Å². The molecule has 5 heteroatoms. The molecule has 0 aliphatic rings. The number of hydrogen-bond acceptors (Lipinski definition) is 3. The van der Waals surface area contributed by atoms with Gasteiger partial charge in [0.15, 0.2) is 0 Å². The fourth-order valence-corrected chi connectivity index (χ4v) is 3.12. The lowest BCUT2D eigenvalue weighted by Crippen LogP contribution is -2.24. The quantitative estimate of drug-likeness (QED) is 0.704. The standard InChI is InChI=1S/C18H15BrN2OS/c19-16-3-1-13(2-4-16)10-18(22)21-11-14-5-7-20-17(9-14)15-6-8-23-12-15/h1-9,12H,10-11H2,(H,21,22). The minimum absolute atomic E-state index is 0.0150. The number of thiophene rings is 1. The Morgan fingerprint density at radius 1 is 1.13 bits per heavy atom. The van der Waals surface area contributed by atoms with Crippen molar-refractivity contribution in [3.8, 4) is 11.3 Å². The third kappa shape index (κ3) is 4.50. The molecule has 0 aliphatic heterocycles. The summed E-state index contributed by atoms with van der Waals surface area (Å²) in [5.41, 5.74) is 4.09. The molecule has 2 aromatic heterocycles. The lowest BCUT2D eigenvalue weighted by Gasteiger charge is -2.07. The van der Waals surface area contributed by atoms with Crippen molar-refractivity contribution in [2.45, 2.75) is 13.0 Å². The summed E-state index contributed by atoms with van der Waals surface area (Å²) in [4.78, 5) is 16.4. The molecule has 0 radical (unpaired) electrons. The number of carbonyl (C=O) groups is 1. The molecule has 0 fully saturated rings. The van der Waals surface area contributed by atoms with Gasteiger partial charge in [0.1, 0.15) is 0 Å². The topological polar surface area (TPSA) is 42.0 Å². The maximum atomic E-state index is 12.0. The molecule has 0 aliphatic carbocycles. The Morgan fingerprint density at radius 3 is 2.70 bits per heavy atom. The molecule has 0 unspecified atom stereocenters. The highest BCUT2D eigenvalue weighted by Crippen LogP contribution is 2.20. The van der Waals surface area contributed by atoms with E-state index in [4.69, 9.17) is 0 Å². The summed E-state index contributed by atoms with van der Waals surface area (Å²) in [5, 5.41) is 7.06. The van der Waals surface area contributed by atoms with E-state index < -0.39 is 0 Å². The van der Waals surface area contributed by atoms with Crippen LogP contribution in [0.2, 0.25) is 0 Å². The van der Waals surface area contributed by atoms with Gasteiger partial charge < -0.3 is 5.32 Å². The Morgan fingerprint density at radius 2 is 1.96 bits per heavy atom. The van der Waals surface area contributed by atoms with E-state index in [0.717, 1.165) is 26.9 Å². The zero-order valence-corrected chi connectivity index (χ0v) is 14.7. The molecule has 116 valence electrons. The Balaban J connectivity index is 1.58. The normalized spacial score (nSPS) is 10.5. The number of rotatable bonds is 5. The Kier molecular flexibility index (Phi) is 5.20. The Hall–Kier alpha value is -1.98. The number of carbonyl (C=O) groups excluding carboxylic acids is 1. The smallest absolute Gasteiger partial charge is 0.224 e. The van der Waals surface area contributed by atoms with Crippen molar-refractivity contribution in [2.24, 2.45) is 0 Å². The molecule has 1 N–H and O–H groups in total. The predicted octanol–water partition coefficient (Wildman–Crippen LogP) is 4.43. The average Bonchev–Trinajstić information content (AvgIpc) is 3.10. The molecule has 0 saturated heterocycles. The van der Waals surface area contributed by atoms with Crippen LogP contribution in [-0.4, -0.2) is 10.9 Å². The summed E-state index contributed by atoms with van der Waals surface area (Å²) in [6.07, 6.45) is 2.17. The fourth-order valence-electron chi connectivity index (χ4n) is 2.20. The molecule has 1 aromatic carbocycles. The first kappa shape index (κ1) is 15.9. The number of nitrogens with zero attached hydrogens (tertiary/aromatic N) is 1. The van der Waals surface area contributed by atoms with Crippen molar-refractivity contribution in [3.05, 3.63) is 75.0 Å². The predicted molar refractivity (Wildman–Crippen MR) is 97.2 cm³/mol. The van der Waals surface area contributed by atoms with E-state index in [1.54, 1.807) is 17.5 Å². The summed E-state index contributed by atoms with van der Waals surface area (Å²) in [5.74, 6) is 0.0150. The van der Waals surface area contributed by atoms with Gasteiger partial charge in [-0.15, -0.1) is 0 Å². The monoisotopic (exact) mass is 386 g/mol. The van der Waals surface area contributed by atoms with Crippen molar-refractivity contribution >= 4 is 33.2 Å². The number of nitrogens with one attached hydrogen (secondary N) is 1. The lowest BCUT2D eigenvalue weighted by atomic mass is 10.1. The molecule has 3 aromatic rings. The van der Waals surface area contributed by atoms with Gasteiger partial charge in [-0.05, 0) is 46.8 Å². The summed E-state index contributed by atoms with van der Waals surface area (Å²) in [7, 11) is 0. The van der Waals surface area contributed by atoms with Crippen LogP contribution in [-0.2, 0) is 17.8 Å². The second kappa shape index (κ2) is 7.53. The van der Waals surface area contributed by atoms with Gasteiger partial charge in [-0.1, -0.05) is 28.1 Å². The van der Waals surface area contributed by atoms with E-state index in [-0.39, 0.29) is 5.91 Å². The minimum atomic E-state index is 0.0150. The highest BCUT2D eigenvalue weighted by molar-refractivity contribution is 9.10. The van der Waals surface area contributed by atoms with Gasteiger partial charge in [0.25, 0.3) is 0 Å². The van der Waals surface area contributed by atoms with Crippen LogP contribution in [0.15, 0.2) is 63.9 Å². The first-order valence-electron chi connectivity index (χ1n) is 7.19. The van der Waals surface area contributed by atoms with Gasteiger partial charge in [-0.25, -0.2) is 0 Å². The van der Waals surface area contributed by atoms with Crippen molar-refractivity contribution in [1.29, 1.82) is 0 Å². The molecule has 3 rings (SSSR count). The molecule has 2 heterocycles. The second-order valence-electron chi connectivity index (χ2n) is 5.14. The van der Waals surface area contributed by atoms with Crippen molar-refractivity contribution in [3.63, 3.8) is 0 Å². The van der Waals surface area contributed by atoms with Crippen LogP contribution in [0.4, 0.5) is 0 Å². The second-order valence-corrected chi connectivity index (χ2v) is 6.84. The average molecular weight is 387 g/mol. The first-order chi connectivity index (χ1) is 11.2. The fraction of sp³-hybridized carbons (Fsp3) is 0.111. The van der Waals surface area contributed by atoms with Gasteiger partial charge >= 0.3 is 0 Å². The molecule has 3 nitrogen and oxygen atoms in total. The van der Waals surface area contributed by atoms with Gasteiger partial charge in [0.05, 0.1) is 12.1 Å². The van der Waals surface area contributed by atoms with Crippen LogP contribution in [0.5, 0.6) is 0 Å². The minimum Gasteiger partial charge on any atom is -0.352 e. The van der Waals surface area contributed by atoms with E-state index in [1.807, 2.05) is 47.8 Å². The maximum absolute atomic E-state index is 12.0. The van der Waals surface area contributed by atoms with Gasteiger partial charge in [0, 0.05) is 28.2 Å². The highest BCUT2D eigenvalue weighted by Gasteiger charge is 2.05. The molecule has 0 atom stereocenters. The molecule has 0 bridgehead atoms. The molecule has 0 spiro atoms. The van der Waals surface area contributed by atoms with Crippen LogP contribution in [0, 0.1) is 0 Å². The summed E-state index contributed by atoms with van der Waals surface area (Å²) in [6, 6.07) is 13.8. The van der Waals surface area contributed by atoms with Gasteiger partial charge in [0.2, 0.25) is 5.91 Å². The van der Waals surface area contributed by atoms with Crippen LogP contribution in [0.3, 0.4) is 0 Å². The maximum Gasteiger partial charge on any atom is 0.224 e. The zero-order valence-electron chi connectivity index (χ0n) is 12.3. The highest BCUT2D eigenvalue weighted by atomic mass is 79.9. The van der Waals surface area contributed by atoms with Gasteiger partial charge in [-0.3, -0.25) is 9.78 Å². The van der Waals surface area contributed by atoms with E-state index in [1.165, 1.54) is 0 Å². The van der Waals surface area contributed by atoms with Crippen molar-refractivity contribution in [2.75, 3.05) is 0 Å². The van der Waals surface area contributed by atoms with E-state index in [0.29, 0.717) is 13.0 Å². The molecule has 0 saturated carbocycles. The third-order valence-corrected chi connectivity index (χ3v) is 4.62. The lowest BCUT2D eigenvalue weighted by molar-refractivity contribution is -0.120. The SMILES string of the molecule is O=C(Cc1ccc(Br)cc1)NCc1ccnc(-c2ccsc2)c1. The third-order valence-electron chi connectivity index (χ3n) is 3.41. The van der Waals surface area contributed by atoms with E-state index >= 15 is 0 Å². The number of halogens is 1. The molecule has 23 heavy (non-hydrogen) atoms. The molecule has 1 amide bonds.